The average Bonchev–Trinajstić information content (AvgIpc) is 3.38. The maximum Gasteiger partial charge on any atom is 0.332 e. The fraction of sp³-hybridized carbons (Fsp3) is 0.211. The monoisotopic (exact) mass is 391 g/mol. The summed E-state index contributed by atoms with van der Waals surface area (Å²) in [6, 6.07) is 13.0. The van der Waals surface area contributed by atoms with Crippen LogP contribution < -0.4 is 5.32 Å². The summed E-state index contributed by atoms with van der Waals surface area (Å²) in [5, 5.41) is 3.24. The normalized spacial score (nSPS) is 21.0. The third-order valence-electron chi connectivity index (χ3n) is 4.40. The first-order valence-electron chi connectivity index (χ1n) is 7.84. The highest BCUT2D eigenvalue weighted by Crippen LogP contribution is 2.47. The van der Waals surface area contributed by atoms with Crippen molar-refractivity contribution in [2.24, 2.45) is 5.92 Å². The van der Waals surface area contributed by atoms with Gasteiger partial charge in [-0.2, -0.15) is 0 Å². The number of halogens is 2. The van der Waals surface area contributed by atoms with Gasteiger partial charge in [-0.05, 0) is 36.8 Å². The van der Waals surface area contributed by atoms with E-state index in [9.17, 15) is 14.4 Å². The molecule has 2 atom stereocenters. The van der Waals surface area contributed by atoms with Crippen molar-refractivity contribution in [3.8, 4) is 0 Å². The molecule has 1 fully saturated rings. The van der Waals surface area contributed by atoms with E-state index >= 15 is 0 Å². The van der Waals surface area contributed by atoms with Crippen molar-refractivity contribution >= 4 is 40.9 Å². The molecular weight excluding hydrogens is 377 g/mol. The summed E-state index contributed by atoms with van der Waals surface area (Å²) in [5.41, 5.74) is -0.655. The highest BCUT2D eigenvalue weighted by molar-refractivity contribution is 6.42. The largest absolute Gasteiger partial charge is 0.467 e. The Kier molecular flexibility index (Phi) is 5.03. The van der Waals surface area contributed by atoms with E-state index in [4.69, 9.17) is 27.9 Å². The Bertz CT molecular complexity index is 884. The van der Waals surface area contributed by atoms with Gasteiger partial charge < -0.3 is 10.1 Å². The van der Waals surface area contributed by atoms with Gasteiger partial charge in [-0.1, -0.05) is 41.4 Å². The van der Waals surface area contributed by atoms with Crippen molar-refractivity contribution in [2.45, 2.75) is 12.0 Å². The first-order valence-corrected chi connectivity index (χ1v) is 8.60. The van der Waals surface area contributed by atoms with E-state index < -0.39 is 23.3 Å². The molecule has 2 aromatic rings. The molecule has 0 spiro atoms. The number of hydrogen-bond donors (Lipinski definition) is 1. The Labute approximate surface area is 160 Å². The zero-order chi connectivity index (χ0) is 18.9. The van der Waals surface area contributed by atoms with Crippen molar-refractivity contribution in [1.29, 1.82) is 0 Å². The number of hydrogen-bond acceptors (Lipinski definition) is 4. The highest BCUT2D eigenvalue weighted by Gasteiger charge is 2.65. The van der Waals surface area contributed by atoms with Crippen LogP contribution in [0.5, 0.6) is 0 Å². The average molecular weight is 392 g/mol. The molecule has 134 valence electrons. The molecular formula is C19H15Cl2NO4. The highest BCUT2D eigenvalue weighted by atomic mass is 35.5. The molecule has 2 unspecified atom stereocenters. The lowest BCUT2D eigenvalue weighted by Gasteiger charge is -2.17. The number of nitrogens with one attached hydrogen (secondary N) is 1. The van der Waals surface area contributed by atoms with Crippen molar-refractivity contribution in [3.05, 3.63) is 69.7 Å². The van der Waals surface area contributed by atoms with Crippen LogP contribution in [0.4, 0.5) is 0 Å². The minimum Gasteiger partial charge on any atom is -0.467 e. The molecule has 26 heavy (non-hydrogen) atoms. The van der Waals surface area contributed by atoms with Crippen LogP contribution in [0, 0.1) is 5.92 Å². The van der Waals surface area contributed by atoms with E-state index in [-0.39, 0.29) is 17.2 Å². The number of Topliss-reactive ketones (excluding diaryl/α,β-unsaturated/α-hetero) is 1. The van der Waals surface area contributed by atoms with Crippen molar-refractivity contribution in [1.82, 2.24) is 5.32 Å². The third-order valence-corrected chi connectivity index (χ3v) is 5.14. The van der Waals surface area contributed by atoms with Crippen molar-refractivity contribution in [2.75, 3.05) is 7.11 Å². The van der Waals surface area contributed by atoms with Crippen LogP contribution in [0.3, 0.4) is 0 Å². The predicted molar refractivity (Wildman–Crippen MR) is 97.6 cm³/mol. The molecule has 0 aromatic heterocycles. The van der Waals surface area contributed by atoms with Gasteiger partial charge in [0.15, 0.2) is 5.78 Å². The number of ketones is 1. The molecule has 0 heterocycles. The second-order valence-electron chi connectivity index (χ2n) is 6.03. The molecule has 1 saturated carbocycles. The SMILES string of the molecule is COC(=O)C1(NC(=O)c2ccccc2)CC1C(=O)c1ccc(Cl)c(Cl)c1. The van der Waals surface area contributed by atoms with Crippen LogP contribution in [-0.4, -0.2) is 30.3 Å². The van der Waals surface area contributed by atoms with Crippen LogP contribution in [0.15, 0.2) is 48.5 Å². The molecule has 0 saturated heterocycles. The van der Waals surface area contributed by atoms with E-state index in [1.54, 1.807) is 30.3 Å². The molecule has 7 heteroatoms. The number of methoxy groups -OCH3 is 1. The first kappa shape index (κ1) is 18.4. The Morgan fingerprint density at radius 3 is 2.35 bits per heavy atom. The van der Waals surface area contributed by atoms with E-state index in [0.29, 0.717) is 16.1 Å². The van der Waals surface area contributed by atoms with Gasteiger partial charge in [0, 0.05) is 11.1 Å². The van der Waals surface area contributed by atoms with Crippen LogP contribution in [0.25, 0.3) is 0 Å². The number of carbonyl (C=O) groups excluding carboxylic acids is 3. The van der Waals surface area contributed by atoms with Gasteiger partial charge in [-0.3, -0.25) is 9.59 Å². The van der Waals surface area contributed by atoms with Gasteiger partial charge in [0.25, 0.3) is 5.91 Å². The zero-order valence-electron chi connectivity index (χ0n) is 13.8. The Hall–Kier alpha value is -2.37. The molecule has 0 radical (unpaired) electrons. The number of carbonyl (C=O) groups is 3. The summed E-state index contributed by atoms with van der Waals surface area (Å²) in [4.78, 5) is 37.5. The number of ether oxygens (including phenoxy) is 1. The van der Waals surface area contributed by atoms with Gasteiger partial charge in [-0.25, -0.2) is 4.79 Å². The van der Waals surface area contributed by atoms with Gasteiger partial charge in [0.05, 0.1) is 23.1 Å². The Balaban J connectivity index is 1.84. The number of amides is 1. The van der Waals surface area contributed by atoms with Crippen LogP contribution >= 0.6 is 23.2 Å². The van der Waals surface area contributed by atoms with Gasteiger partial charge >= 0.3 is 5.97 Å². The Morgan fingerprint density at radius 1 is 1.04 bits per heavy atom. The lowest BCUT2D eigenvalue weighted by molar-refractivity contribution is -0.144. The van der Waals surface area contributed by atoms with Gasteiger partial charge in [-0.15, -0.1) is 0 Å². The second kappa shape index (κ2) is 7.09. The summed E-state index contributed by atoms with van der Waals surface area (Å²) < 4.78 is 4.82. The molecule has 1 N–H and O–H groups in total. The molecule has 1 aliphatic carbocycles. The van der Waals surface area contributed by atoms with Crippen LogP contribution in [0.1, 0.15) is 27.1 Å². The fourth-order valence-electron chi connectivity index (χ4n) is 2.89. The minimum absolute atomic E-state index is 0.164. The van der Waals surface area contributed by atoms with Crippen LogP contribution in [-0.2, 0) is 9.53 Å². The molecule has 1 aliphatic rings. The predicted octanol–water partition coefficient (Wildman–Crippen LogP) is 3.54. The van der Waals surface area contributed by atoms with Crippen molar-refractivity contribution < 1.29 is 19.1 Å². The van der Waals surface area contributed by atoms with E-state index in [0.717, 1.165) is 0 Å². The maximum absolute atomic E-state index is 12.8. The summed E-state index contributed by atoms with van der Waals surface area (Å²) in [6.07, 6.45) is 0.164. The van der Waals surface area contributed by atoms with Crippen molar-refractivity contribution in [3.63, 3.8) is 0 Å². The summed E-state index contributed by atoms with van der Waals surface area (Å²) in [5.74, 6) is -2.12. The molecule has 0 bridgehead atoms. The lowest BCUT2D eigenvalue weighted by Crippen LogP contribution is -2.46. The topological polar surface area (TPSA) is 72.5 Å². The van der Waals surface area contributed by atoms with E-state index in [2.05, 4.69) is 5.32 Å². The Morgan fingerprint density at radius 2 is 1.73 bits per heavy atom. The molecule has 1 amide bonds. The molecule has 2 aromatic carbocycles. The zero-order valence-corrected chi connectivity index (χ0v) is 15.3. The second-order valence-corrected chi connectivity index (χ2v) is 6.85. The maximum atomic E-state index is 12.8. The van der Waals surface area contributed by atoms with E-state index in [1.165, 1.54) is 25.3 Å². The fourth-order valence-corrected chi connectivity index (χ4v) is 3.19. The molecule has 3 rings (SSSR count). The smallest absolute Gasteiger partial charge is 0.332 e. The summed E-state index contributed by atoms with van der Waals surface area (Å²) in [6.45, 7) is 0. The first-order chi connectivity index (χ1) is 12.4. The number of rotatable bonds is 5. The van der Waals surface area contributed by atoms with Crippen LogP contribution in [0.2, 0.25) is 10.0 Å². The standard InChI is InChI=1S/C19H15Cl2NO4/c1-26-18(25)19(22-17(24)11-5-3-2-4-6-11)10-13(19)16(23)12-7-8-14(20)15(21)9-12/h2-9,13H,10H2,1H3,(H,22,24). The quantitative estimate of drug-likeness (QED) is 0.624. The third kappa shape index (κ3) is 3.32. The van der Waals surface area contributed by atoms with Gasteiger partial charge in [0.1, 0.15) is 5.54 Å². The molecule has 0 aliphatic heterocycles. The summed E-state index contributed by atoms with van der Waals surface area (Å²) in [7, 11) is 1.22. The number of benzene rings is 2. The minimum atomic E-state index is -1.37. The van der Waals surface area contributed by atoms with E-state index in [1.807, 2.05) is 0 Å². The van der Waals surface area contributed by atoms with Gasteiger partial charge in [0.2, 0.25) is 0 Å². The summed E-state index contributed by atoms with van der Waals surface area (Å²) >= 11 is 11.8. The number of esters is 1. The molecule has 5 nitrogen and oxygen atoms in total. The lowest BCUT2D eigenvalue weighted by atomic mass is 10.0.